The molecule has 16 heteroatoms. The molecule has 0 bridgehead atoms. The fourth-order valence-electron chi connectivity index (χ4n) is 2.84. The number of sulfonamides is 2. The van der Waals surface area contributed by atoms with Crippen molar-refractivity contribution in [2.24, 2.45) is 0 Å². The van der Waals surface area contributed by atoms with Gasteiger partial charge in [0.2, 0.25) is 0 Å². The van der Waals surface area contributed by atoms with E-state index >= 15 is 0 Å². The van der Waals surface area contributed by atoms with Crippen LogP contribution in [0.25, 0.3) is 0 Å². The maximum absolute atomic E-state index is 12.7. The molecule has 1 fully saturated rings. The normalized spacial score (nSPS) is 24.1. The van der Waals surface area contributed by atoms with Crippen LogP contribution in [-0.2, 0) is 20.0 Å². The molecule has 0 atom stereocenters. The van der Waals surface area contributed by atoms with E-state index in [2.05, 4.69) is 0 Å². The van der Waals surface area contributed by atoms with Gasteiger partial charge in [-0.2, -0.15) is 0 Å². The summed E-state index contributed by atoms with van der Waals surface area (Å²) in [4.78, 5) is 0. The summed E-state index contributed by atoms with van der Waals surface area (Å²) in [6.07, 6.45) is 0. The van der Waals surface area contributed by atoms with Crippen molar-refractivity contribution in [1.29, 1.82) is 0 Å². The van der Waals surface area contributed by atoms with E-state index in [-0.39, 0.29) is 4.44 Å². The predicted molar refractivity (Wildman–Crippen MR) is 68.6 cm³/mol. The molecular formula is C6H12F6Ge2N2O4S2. The first-order chi connectivity index (χ1) is 9.23. The van der Waals surface area contributed by atoms with Gasteiger partial charge in [-0.1, -0.05) is 0 Å². The van der Waals surface area contributed by atoms with Gasteiger partial charge in [0.05, 0.1) is 0 Å². The average Bonchev–Trinajstić information content (AvgIpc) is 2.07. The molecule has 0 amide bonds. The molecule has 0 aromatic carbocycles. The second-order valence-corrected chi connectivity index (χ2v) is 31.9. The molecule has 0 saturated carbocycles. The standard InChI is InChI=1S/C6H12F6Ge2N2O4S2/c1-13(2)15(21(17,18)5(7,8)9)14(3,4)16(13)22(19,20)6(10,11)12/h1-4H3. The number of rotatable bonds is 2. The van der Waals surface area contributed by atoms with Gasteiger partial charge in [-0.3, -0.25) is 0 Å². The van der Waals surface area contributed by atoms with E-state index < -0.39 is 58.5 Å². The second-order valence-electron chi connectivity index (χ2n) is 5.42. The Hall–Kier alpha value is 0.486. The Labute approximate surface area is 129 Å². The van der Waals surface area contributed by atoms with Gasteiger partial charge in [0, 0.05) is 0 Å². The topological polar surface area (TPSA) is 74.8 Å². The van der Waals surface area contributed by atoms with Crippen molar-refractivity contribution in [1.82, 2.24) is 4.44 Å². The zero-order valence-corrected chi connectivity index (χ0v) is 17.4. The molecule has 0 aromatic rings. The Morgan fingerprint density at radius 2 is 0.818 bits per heavy atom. The molecule has 1 aliphatic heterocycles. The van der Waals surface area contributed by atoms with Crippen molar-refractivity contribution in [2.45, 2.75) is 34.0 Å². The van der Waals surface area contributed by atoms with Crippen LogP contribution in [0.3, 0.4) is 0 Å². The third-order valence-electron chi connectivity index (χ3n) is 3.05. The van der Waals surface area contributed by atoms with Crippen LogP contribution in [0.4, 0.5) is 26.3 Å². The number of hydrogen-bond donors (Lipinski definition) is 0. The third-order valence-corrected chi connectivity index (χ3v) is 52.7. The summed E-state index contributed by atoms with van der Waals surface area (Å²) in [6.45, 7) is 0. The van der Waals surface area contributed by atoms with Crippen LogP contribution in [0.2, 0.25) is 23.0 Å². The molecule has 1 saturated heterocycles. The van der Waals surface area contributed by atoms with Gasteiger partial charge in [-0.25, -0.2) is 0 Å². The molecule has 0 aliphatic carbocycles. The van der Waals surface area contributed by atoms with Gasteiger partial charge in [-0.15, -0.1) is 0 Å². The molecule has 132 valence electrons. The summed E-state index contributed by atoms with van der Waals surface area (Å²) in [5.41, 5.74) is -11.4. The van der Waals surface area contributed by atoms with Crippen molar-refractivity contribution in [3.8, 4) is 0 Å². The molecule has 0 spiro atoms. The van der Waals surface area contributed by atoms with Crippen LogP contribution >= 0.6 is 0 Å². The van der Waals surface area contributed by atoms with E-state index in [1.165, 1.54) is 0 Å². The molecule has 1 aliphatic rings. The number of nitrogens with zero attached hydrogens (tertiary/aromatic N) is 2. The molecule has 1 rings (SSSR count). The Kier molecular flexibility index (Phi) is 4.66. The van der Waals surface area contributed by atoms with E-state index in [9.17, 15) is 43.2 Å². The zero-order chi connectivity index (χ0) is 18.2. The Balaban J connectivity index is 3.53. The summed E-state index contributed by atoms with van der Waals surface area (Å²) >= 11 is -9.60. The quantitative estimate of drug-likeness (QED) is 0.428. The van der Waals surface area contributed by atoms with E-state index in [1.54, 1.807) is 0 Å². The SMILES string of the molecule is [CH3][Ge]1([CH3])[N](S(=O)(=O)C(F)(F)F)[Ge]([CH3])([CH3])[N]1S(=O)(=O)C(F)(F)F. The molecular weight excluding hydrogens is 487 g/mol. The van der Waals surface area contributed by atoms with Crippen molar-refractivity contribution in [2.75, 3.05) is 0 Å². The minimum atomic E-state index is -5.87. The molecule has 0 aromatic heterocycles. The van der Waals surface area contributed by atoms with Crippen molar-refractivity contribution in [3.63, 3.8) is 0 Å². The molecule has 6 nitrogen and oxygen atoms in total. The Bertz CT molecular complexity index is 611. The summed E-state index contributed by atoms with van der Waals surface area (Å²) in [5, 5.41) is 0. The van der Waals surface area contributed by atoms with Crippen molar-refractivity contribution in [3.05, 3.63) is 0 Å². The summed E-state index contributed by atoms with van der Waals surface area (Å²) in [5.74, 6) is 3.46. The fourth-order valence-corrected chi connectivity index (χ4v) is 66.0. The molecule has 0 radical (unpaired) electrons. The van der Waals surface area contributed by atoms with Crippen LogP contribution < -0.4 is 0 Å². The Morgan fingerprint density at radius 1 is 0.636 bits per heavy atom. The van der Waals surface area contributed by atoms with Crippen LogP contribution in [0, 0.1) is 0 Å². The maximum atomic E-state index is 12.7. The van der Waals surface area contributed by atoms with Gasteiger partial charge in [0.15, 0.2) is 0 Å². The van der Waals surface area contributed by atoms with Gasteiger partial charge in [0.25, 0.3) is 0 Å². The van der Waals surface area contributed by atoms with Gasteiger partial charge in [0.1, 0.15) is 0 Å². The van der Waals surface area contributed by atoms with Crippen molar-refractivity contribution >= 4 is 47.5 Å². The van der Waals surface area contributed by atoms with E-state index in [0.717, 1.165) is 23.0 Å². The monoisotopic (exact) mass is 502 g/mol. The van der Waals surface area contributed by atoms with Crippen molar-refractivity contribution < 1.29 is 43.2 Å². The molecule has 0 N–H and O–H groups in total. The van der Waals surface area contributed by atoms with Gasteiger partial charge in [-0.05, 0) is 0 Å². The summed E-state index contributed by atoms with van der Waals surface area (Å²) in [6, 6.07) is 0. The number of alkyl halides is 6. The first-order valence-electron chi connectivity index (χ1n) is 5.47. The number of halogens is 6. The third kappa shape index (κ3) is 2.62. The molecule has 22 heavy (non-hydrogen) atoms. The van der Waals surface area contributed by atoms with Gasteiger partial charge < -0.3 is 0 Å². The van der Waals surface area contributed by atoms with Crippen LogP contribution in [-0.4, -0.2) is 59.7 Å². The fraction of sp³-hybridized carbons (Fsp3) is 1.00. The average molecular weight is 500 g/mol. The summed E-state index contributed by atoms with van der Waals surface area (Å²) < 4.78 is 123. The van der Waals surface area contributed by atoms with Crippen LogP contribution in [0.5, 0.6) is 0 Å². The Morgan fingerprint density at radius 3 is 0.955 bits per heavy atom. The first kappa shape index (κ1) is 20.5. The summed E-state index contributed by atoms with van der Waals surface area (Å²) in [7, 11) is -11.7. The van der Waals surface area contributed by atoms with E-state index in [1.807, 2.05) is 0 Å². The van der Waals surface area contributed by atoms with Crippen LogP contribution in [0.15, 0.2) is 0 Å². The van der Waals surface area contributed by atoms with Crippen LogP contribution in [0.1, 0.15) is 0 Å². The first-order valence-corrected chi connectivity index (χ1v) is 20.5. The minimum absolute atomic E-state index is 0.0658. The zero-order valence-electron chi connectivity index (χ0n) is 11.6. The number of hydrogen-bond acceptors (Lipinski definition) is 4. The van der Waals surface area contributed by atoms with E-state index in [0.29, 0.717) is 0 Å². The predicted octanol–water partition coefficient (Wildman–Crippen LogP) is 1.71. The second kappa shape index (κ2) is 5.00. The van der Waals surface area contributed by atoms with E-state index in [4.69, 9.17) is 0 Å². The molecule has 1 heterocycles. The van der Waals surface area contributed by atoms with Gasteiger partial charge >= 0.3 is 129 Å². The molecule has 0 unspecified atom stereocenters.